The van der Waals surface area contributed by atoms with E-state index in [2.05, 4.69) is 172 Å². The number of quaternary nitrogens is 1. The summed E-state index contributed by atoms with van der Waals surface area (Å²) in [6, 6.07) is 0. The summed E-state index contributed by atoms with van der Waals surface area (Å²) in [4.78, 5) is 37.7. The van der Waals surface area contributed by atoms with Crippen LogP contribution in [-0.2, 0) is 33.3 Å². The summed E-state index contributed by atoms with van der Waals surface area (Å²) in [5, 5.41) is 9.76. The van der Waals surface area contributed by atoms with Gasteiger partial charge in [0.25, 0.3) is 6.29 Å². The quantitative estimate of drug-likeness (QED) is 0.0211. The molecule has 93 heavy (non-hydrogen) atoms. The van der Waals surface area contributed by atoms with Gasteiger partial charge in [0.2, 0.25) is 0 Å². The Balaban J connectivity index is 4.18. The van der Waals surface area contributed by atoms with Crippen molar-refractivity contribution < 1.29 is 42.9 Å². The van der Waals surface area contributed by atoms with Crippen LogP contribution in [0.25, 0.3) is 0 Å². The molecule has 9 heteroatoms. The Bertz CT molecular complexity index is 2090. The summed E-state index contributed by atoms with van der Waals surface area (Å²) in [6.07, 6.45) is 105. The van der Waals surface area contributed by atoms with E-state index in [1.807, 2.05) is 21.1 Å². The monoisotopic (exact) mass is 1290 g/mol. The molecule has 2 unspecified atom stereocenters. The molecule has 0 aromatic carbocycles. The van der Waals surface area contributed by atoms with Gasteiger partial charge >= 0.3 is 17.9 Å². The van der Waals surface area contributed by atoms with Crippen LogP contribution in [0.1, 0.15) is 296 Å². The largest absolute Gasteiger partial charge is 0.477 e. The lowest BCUT2D eigenvalue weighted by Crippen LogP contribution is -2.40. The fourth-order valence-corrected chi connectivity index (χ4v) is 10.1. The molecule has 2 atom stereocenters. The fourth-order valence-electron chi connectivity index (χ4n) is 10.1. The molecule has 0 bridgehead atoms. The SMILES string of the molecule is CC/C=C\C/C=C\C/C=C\C/C=C\C/C=C\C/C=C\C/C=C\C/C=C\C/C=C\C/C=C\C/C=C\CCCCCCCC(=O)OC(COC(=O)CCCCCCCCCCCCCCCCCCC/C=C\C/C=C\CCCCCCC)COC(OCC[N+](C)(C)C)C(=O)O. The van der Waals surface area contributed by atoms with Crippen molar-refractivity contribution >= 4 is 17.9 Å². The molecule has 0 aliphatic heterocycles. The number of aliphatic carboxylic acids is 1. The minimum atomic E-state index is -1.53. The summed E-state index contributed by atoms with van der Waals surface area (Å²) in [7, 11) is 5.97. The predicted octanol–water partition coefficient (Wildman–Crippen LogP) is 24.0. The molecule has 0 aromatic rings. The number of rotatable bonds is 68. The lowest BCUT2D eigenvalue weighted by Gasteiger charge is -2.25. The molecule has 0 saturated carbocycles. The number of likely N-dealkylation sites (N-methyl/N-ethyl adjacent to an activating group) is 1. The van der Waals surface area contributed by atoms with Crippen molar-refractivity contribution in [3.8, 4) is 0 Å². The van der Waals surface area contributed by atoms with Crippen LogP contribution in [-0.4, -0.2) is 87.4 Å². The van der Waals surface area contributed by atoms with Crippen LogP contribution in [0.2, 0.25) is 0 Å². The number of hydrogen-bond acceptors (Lipinski definition) is 7. The van der Waals surface area contributed by atoms with Crippen LogP contribution in [0.15, 0.2) is 158 Å². The molecule has 0 radical (unpaired) electrons. The zero-order chi connectivity index (χ0) is 67.5. The van der Waals surface area contributed by atoms with Crippen molar-refractivity contribution in [2.75, 3.05) is 47.5 Å². The van der Waals surface area contributed by atoms with Crippen molar-refractivity contribution in [1.82, 2.24) is 0 Å². The standard InChI is InChI=1S/C84H139NO8/c1-6-8-10-12-14-16-18-20-22-24-26-28-30-32-34-36-37-38-39-40-41-42-43-44-45-47-49-51-53-55-57-59-61-63-65-67-69-71-73-75-82(87)93-80(79-92-84(83(88)89)90-77-76-85(3,4)5)78-91-81(86)74-72-70-68-66-64-62-60-58-56-54-52-50-48-46-35-33-31-29-27-25-23-21-19-17-15-13-11-9-7-2/h8,10,14,16,19-22,25-28,32,34,37-38,40-41,43-44,47,49,53,55,59,61,80,84H,6-7,9,11-13,15,17-18,23-24,29-31,33,35-36,39,42,45-46,48,50-52,54,56-58,60,62-79H2,1-5H3/p+1/b10-8-,16-14-,21-19-,22-20-,27-25-,28-26-,34-32-,38-37-,41-40-,44-43-,49-47-,55-53-,61-59-. The van der Waals surface area contributed by atoms with Crippen LogP contribution in [0, 0.1) is 0 Å². The second kappa shape index (κ2) is 72.7. The fraction of sp³-hybridized carbons (Fsp3) is 0.655. The first-order valence-corrected chi connectivity index (χ1v) is 37.6. The van der Waals surface area contributed by atoms with Crippen LogP contribution in [0.5, 0.6) is 0 Å². The Morgan fingerprint density at radius 1 is 0.333 bits per heavy atom. The van der Waals surface area contributed by atoms with E-state index in [9.17, 15) is 19.5 Å². The van der Waals surface area contributed by atoms with Gasteiger partial charge in [0.1, 0.15) is 13.2 Å². The number of carbonyl (C=O) groups excluding carboxylic acids is 2. The molecule has 9 nitrogen and oxygen atoms in total. The first-order valence-electron chi connectivity index (χ1n) is 37.6. The Morgan fingerprint density at radius 2 is 0.613 bits per heavy atom. The van der Waals surface area contributed by atoms with Crippen molar-refractivity contribution in [1.29, 1.82) is 0 Å². The normalized spacial score (nSPS) is 13.6. The molecule has 0 aromatic heterocycles. The van der Waals surface area contributed by atoms with E-state index >= 15 is 0 Å². The number of carboxylic acid groups (broad SMARTS) is 1. The number of carboxylic acids is 1. The highest BCUT2D eigenvalue weighted by Gasteiger charge is 2.25. The summed E-state index contributed by atoms with van der Waals surface area (Å²) in [6.45, 7) is 4.74. The molecule has 1 N–H and O–H groups in total. The smallest absolute Gasteiger partial charge is 0.361 e. The predicted molar refractivity (Wildman–Crippen MR) is 400 cm³/mol. The van der Waals surface area contributed by atoms with Crippen molar-refractivity contribution in [3.05, 3.63) is 158 Å². The minimum Gasteiger partial charge on any atom is -0.477 e. The Hall–Kier alpha value is -5.09. The molecule has 0 heterocycles. The number of unbranched alkanes of at least 4 members (excludes halogenated alkanes) is 27. The van der Waals surface area contributed by atoms with Crippen LogP contribution in [0.4, 0.5) is 0 Å². The zero-order valence-electron chi connectivity index (χ0n) is 60.4. The Kier molecular flexibility index (Phi) is 68.8. The highest BCUT2D eigenvalue weighted by molar-refractivity contribution is 5.71. The summed E-state index contributed by atoms with van der Waals surface area (Å²) in [5.41, 5.74) is 0. The highest BCUT2D eigenvalue weighted by atomic mass is 16.7. The van der Waals surface area contributed by atoms with Crippen molar-refractivity contribution in [3.63, 3.8) is 0 Å². The minimum absolute atomic E-state index is 0.177. The molecule has 0 aliphatic carbocycles. The van der Waals surface area contributed by atoms with E-state index in [0.29, 0.717) is 23.9 Å². The number of ether oxygens (including phenoxy) is 4. The summed E-state index contributed by atoms with van der Waals surface area (Å²) in [5.74, 6) is -2.04. The van der Waals surface area contributed by atoms with Crippen molar-refractivity contribution in [2.45, 2.75) is 309 Å². The summed E-state index contributed by atoms with van der Waals surface area (Å²) < 4.78 is 23.0. The van der Waals surface area contributed by atoms with E-state index in [4.69, 9.17) is 18.9 Å². The van der Waals surface area contributed by atoms with Gasteiger partial charge in [0.05, 0.1) is 34.4 Å². The lowest BCUT2D eigenvalue weighted by atomic mass is 10.0. The Morgan fingerprint density at radius 3 is 0.914 bits per heavy atom. The number of esters is 2. The van der Waals surface area contributed by atoms with E-state index in [1.54, 1.807) is 0 Å². The van der Waals surface area contributed by atoms with Gasteiger partial charge in [-0.3, -0.25) is 9.59 Å². The van der Waals surface area contributed by atoms with E-state index < -0.39 is 24.3 Å². The number of carbonyl (C=O) groups is 3. The van der Waals surface area contributed by atoms with Crippen LogP contribution in [0.3, 0.4) is 0 Å². The Labute approximate surface area is 572 Å². The lowest BCUT2D eigenvalue weighted by molar-refractivity contribution is -0.870. The molecule has 0 fully saturated rings. The average Bonchev–Trinajstić information content (AvgIpc) is 3.38. The third-order valence-corrected chi connectivity index (χ3v) is 15.8. The first-order chi connectivity index (χ1) is 45.6. The first kappa shape index (κ1) is 87.9. The van der Waals surface area contributed by atoms with Gasteiger partial charge in [-0.15, -0.1) is 0 Å². The second-order valence-electron chi connectivity index (χ2n) is 25.9. The maximum atomic E-state index is 13.0. The van der Waals surface area contributed by atoms with Crippen LogP contribution >= 0.6 is 0 Å². The zero-order valence-corrected chi connectivity index (χ0v) is 60.4. The van der Waals surface area contributed by atoms with E-state index in [1.165, 1.54) is 135 Å². The van der Waals surface area contributed by atoms with Gasteiger partial charge in [0, 0.05) is 12.8 Å². The molecule has 0 amide bonds. The maximum absolute atomic E-state index is 13.0. The second-order valence-corrected chi connectivity index (χ2v) is 25.9. The molecule has 0 saturated heterocycles. The van der Waals surface area contributed by atoms with Gasteiger partial charge in [0.15, 0.2) is 6.10 Å². The topological polar surface area (TPSA) is 108 Å². The van der Waals surface area contributed by atoms with Gasteiger partial charge in [-0.05, 0) is 128 Å². The van der Waals surface area contributed by atoms with Crippen LogP contribution < -0.4 is 0 Å². The number of nitrogens with zero attached hydrogens (tertiary/aromatic N) is 1. The van der Waals surface area contributed by atoms with Gasteiger partial charge in [-0.2, -0.15) is 0 Å². The molecule has 0 aliphatic rings. The van der Waals surface area contributed by atoms with Gasteiger partial charge in [-0.1, -0.05) is 313 Å². The van der Waals surface area contributed by atoms with Gasteiger partial charge in [-0.25, -0.2) is 4.79 Å². The number of hydrogen-bond donors (Lipinski definition) is 1. The molecule has 0 spiro atoms. The van der Waals surface area contributed by atoms with Crippen molar-refractivity contribution in [2.24, 2.45) is 0 Å². The number of allylic oxidation sites excluding steroid dienone is 26. The van der Waals surface area contributed by atoms with E-state index in [0.717, 1.165) is 128 Å². The van der Waals surface area contributed by atoms with Gasteiger partial charge < -0.3 is 28.5 Å². The molecule has 0 rings (SSSR count). The molecular weight excluding hydrogens is 1150 g/mol. The average molecular weight is 1290 g/mol. The third-order valence-electron chi connectivity index (χ3n) is 15.8. The summed E-state index contributed by atoms with van der Waals surface area (Å²) >= 11 is 0. The molecule has 528 valence electrons. The third kappa shape index (κ3) is 74.2. The highest BCUT2D eigenvalue weighted by Crippen LogP contribution is 2.17. The maximum Gasteiger partial charge on any atom is 0.361 e. The van der Waals surface area contributed by atoms with E-state index in [-0.39, 0.29) is 32.2 Å². The molecular formula is C84H140NO8+.